The highest BCUT2D eigenvalue weighted by Crippen LogP contribution is 2.51. The molecule has 260 valence electrons. The normalized spacial score (nSPS) is 19.3. The van der Waals surface area contributed by atoms with Crippen molar-refractivity contribution in [3.8, 4) is 0 Å². The van der Waals surface area contributed by atoms with Crippen molar-refractivity contribution in [2.45, 2.75) is 71.6 Å². The van der Waals surface area contributed by atoms with Gasteiger partial charge in [0.2, 0.25) is 5.69 Å². The van der Waals surface area contributed by atoms with Crippen molar-refractivity contribution in [3.05, 3.63) is 130 Å². The summed E-state index contributed by atoms with van der Waals surface area (Å²) >= 11 is 7.23. The Morgan fingerprint density at radius 3 is 2.00 bits per heavy atom. The van der Waals surface area contributed by atoms with Crippen molar-refractivity contribution < 1.29 is 22.2 Å². The summed E-state index contributed by atoms with van der Waals surface area (Å²) in [5.41, 5.74) is 10.4. The molecule has 0 atom stereocenters. The van der Waals surface area contributed by atoms with Crippen LogP contribution in [0.3, 0.4) is 0 Å². The van der Waals surface area contributed by atoms with E-state index in [4.69, 9.17) is 11.6 Å². The number of anilines is 1. The van der Waals surface area contributed by atoms with Gasteiger partial charge in [-0.1, -0.05) is 92.2 Å². The lowest BCUT2D eigenvalue weighted by Crippen LogP contribution is -3.00. The number of fused-ring (bicyclic) bond motifs is 6. The Balaban J connectivity index is 0.000000924. The van der Waals surface area contributed by atoms with Gasteiger partial charge in [-0.25, -0.2) is 0 Å². The van der Waals surface area contributed by atoms with Crippen LogP contribution in [0, 0.1) is 0 Å². The zero-order chi connectivity index (χ0) is 35.1. The van der Waals surface area contributed by atoms with Crippen LogP contribution >= 0.6 is 11.6 Å². The van der Waals surface area contributed by atoms with Gasteiger partial charge in [-0.05, 0) is 103 Å². The predicted molar refractivity (Wildman–Crippen MR) is 204 cm³/mol. The van der Waals surface area contributed by atoms with Crippen LogP contribution in [0.1, 0.15) is 71.9 Å². The Kier molecular flexibility index (Phi) is 10.9. The Morgan fingerprint density at radius 1 is 0.780 bits per heavy atom. The monoisotopic (exact) mass is 698 g/mol. The fourth-order valence-corrected chi connectivity index (χ4v) is 8.63. The number of hydrogen-bond donors (Lipinski definition) is 0. The largest absolute Gasteiger partial charge is 1.00 e. The van der Waals surface area contributed by atoms with Crippen molar-refractivity contribution >= 4 is 57.8 Å². The number of hydrogen-bond acceptors (Lipinski definition) is 1. The molecule has 0 bridgehead atoms. The third-order valence-corrected chi connectivity index (χ3v) is 11.0. The van der Waals surface area contributed by atoms with E-state index >= 15 is 0 Å². The Morgan fingerprint density at radius 2 is 1.38 bits per heavy atom. The summed E-state index contributed by atoms with van der Waals surface area (Å²) in [6.45, 7) is 15.8. The molecule has 8 heteroatoms. The molecule has 0 unspecified atom stereocenters. The van der Waals surface area contributed by atoms with E-state index in [0.29, 0.717) is 0 Å². The average Bonchev–Trinajstić information content (AvgIpc) is 3.45. The van der Waals surface area contributed by atoms with Gasteiger partial charge in [0, 0.05) is 46.1 Å². The number of rotatable bonds is 5. The Labute approximate surface area is 298 Å². The summed E-state index contributed by atoms with van der Waals surface area (Å²) in [4.78, 5) is 2.49. The van der Waals surface area contributed by atoms with Crippen LogP contribution in [-0.4, -0.2) is 30.9 Å². The van der Waals surface area contributed by atoms with Gasteiger partial charge in [0.1, 0.15) is 6.54 Å². The van der Waals surface area contributed by atoms with Crippen molar-refractivity contribution in [2.75, 3.05) is 18.0 Å². The zero-order valence-electron chi connectivity index (χ0n) is 29.6. The van der Waals surface area contributed by atoms with E-state index in [0.717, 1.165) is 37.4 Å². The molecule has 7 rings (SSSR count). The first-order chi connectivity index (χ1) is 23.4. The Hall–Kier alpha value is -4.10. The molecule has 2 nitrogen and oxygen atoms in total. The van der Waals surface area contributed by atoms with Gasteiger partial charge in [-0.3, -0.25) is 12.9 Å². The predicted octanol–water partition coefficient (Wildman–Crippen LogP) is 9.13. The van der Waals surface area contributed by atoms with E-state index in [1.54, 1.807) is 0 Å². The summed E-state index contributed by atoms with van der Waals surface area (Å²) in [6, 6.07) is 26.7. The molecule has 0 spiro atoms. The van der Waals surface area contributed by atoms with Crippen LogP contribution in [0.5, 0.6) is 0 Å². The summed E-state index contributed by atoms with van der Waals surface area (Å²) in [6.07, 6.45) is 12.4. The van der Waals surface area contributed by atoms with Crippen LogP contribution in [0.25, 0.3) is 21.5 Å². The van der Waals surface area contributed by atoms with E-state index in [9.17, 15) is 12.9 Å². The molecule has 4 aromatic carbocycles. The van der Waals surface area contributed by atoms with Crippen LogP contribution in [0.2, 0.25) is 0 Å². The van der Waals surface area contributed by atoms with E-state index < -0.39 is 7.54 Å². The lowest BCUT2D eigenvalue weighted by Gasteiger charge is -2.26. The number of likely N-dealkylation sites (N-methyl/N-ethyl adjacent to an activating group) is 1. The quantitative estimate of drug-likeness (QED) is 0.115. The minimum absolute atomic E-state index is 0. The first-order valence-corrected chi connectivity index (χ1v) is 17.7. The lowest BCUT2D eigenvalue weighted by atomic mass is 9.78. The highest BCUT2D eigenvalue weighted by molar-refractivity contribution is 6.33. The van der Waals surface area contributed by atoms with Crippen molar-refractivity contribution in [1.82, 2.24) is 0 Å². The third kappa shape index (κ3) is 6.45. The van der Waals surface area contributed by atoms with Crippen LogP contribution in [0.4, 0.5) is 24.3 Å². The third-order valence-electron chi connectivity index (χ3n) is 10.5. The van der Waals surface area contributed by atoms with Gasteiger partial charge in [-0.15, -0.1) is 0 Å². The molecule has 1 aliphatic carbocycles. The van der Waals surface area contributed by atoms with Gasteiger partial charge >= 0.3 is 7.54 Å². The SMILES string of the molecule is CCN1/C(=C/C=C2\CCCC(/C=C/C3=[N+](CC)c4ccc5ccccc5c4C3(C)C)=C2Cl)C(C)(C)c2c1ccc1ccccc21.FB(F)F.[F-]. The number of benzene rings is 4. The molecule has 0 N–H and O–H groups in total. The maximum atomic E-state index is 9.67. The van der Waals surface area contributed by atoms with Gasteiger partial charge < -0.3 is 9.60 Å². The summed E-state index contributed by atoms with van der Waals surface area (Å²) in [5, 5.41) is 6.22. The van der Waals surface area contributed by atoms with E-state index in [-0.39, 0.29) is 15.5 Å². The van der Waals surface area contributed by atoms with Gasteiger partial charge in [-0.2, -0.15) is 4.58 Å². The first kappa shape index (κ1) is 37.2. The molecule has 0 amide bonds. The topological polar surface area (TPSA) is 6.25 Å². The van der Waals surface area contributed by atoms with E-state index in [1.807, 2.05) is 0 Å². The minimum Gasteiger partial charge on any atom is -1.00 e. The highest BCUT2D eigenvalue weighted by Gasteiger charge is 2.45. The molecule has 0 radical (unpaired) electrons. The summed E-state index contributed by atoms with van der Waals surface area (Å²) < 4.78 is 31.5. The molecular formula is C42H44BClF4N2. The fraction of sp³-hybridized carbons (Fsp3) is 0.310. The molecule has 0 saturated carbocycles. The van der Waals surface area contributed by atoms with Crippen LogP contribution in [-0.2, 0) is 10.8 Å². The molecule has 0 fully saturated rings. The molecule has 4 aromatic rings. The lowest BCUT2D eigenvalue weighted by molar-refractivity contribution is -0.433. The maximum absolute atomic E-state index is 9.67. The smallest absolute Gasteiger partial charge is 0.762 e. The maximum Gasteiger partial charge on any atom is 0.762 e. The Bertz CT molecular complexity index is 2090. The highest BCUT2D eigenvalue weighted by atomic mass is 35.5. The summed E-state index contributed by atoms with van der Waals surface area (Å²) in [7, 11) is -3.67. The average molecular weight is 699 g/mol. The van der Waals surface area contributed by atoms with Gasteiger partial charge in [0.25, 0.3) is 0 Å². The van der Waals surface area contributed by atoms with E-state index in [2.05, 4.69) is 148 Å². The number of allylic oxidation sites excluding steroid dienone is 8. The summed E-state index contributed by atoms with van der Waals surface area (Å²) in [5.74, 6) is 0. The zero-order valence-corrected chi connectivity index (χ0v) is 30.4. The van der Waals surface area contributed by atoms with Crippen LogP contribution < -0.4 is 9.60 Å². The number of nitrogens with zero attached hydrogens (tertiary/aromatic N) is 2. The van der Waals surface area contributed by atoms with E-state index in [1.165, 1.54) is 66.6 Å². The molecule has 50 heavy (non-hydrogen) atoms. The van der Waals surface area contributed by atoms with Crippen LogP contribution in [0.15, 0.2) is 119 Å². The number of halogens is 5. The molecule has 2 aliphatic heterocycles. The molecule has 2 heterocycles. The van der Waals surface area contributed by atoms with Crippen molar-refractivity contribution in [3.63, 3.8) is 0 Å². The second-order valence-corrected chi connectivity index (χ2v) is 14.4. The van der Waals surface area contributed by atoms with Crippen molar-refractivity contribution in [2.24, 2.45) is 0 Å². The second-order valence-electron chi connectivity index (χ2n) is 14.0. The van der Waals surface area contributed by atoms with Crippen molar-refractivity contribution in [1.29, 1.82) is 0 Å². The first-order valence-electron chi connectivity index (χ1n) is 17.3. The van der Waals surface area contributed by atoms with Gasteiger partial charge in [0.05, 0.1) is 5.41 Å². The molecule has 3 aliphatic rings. The molecule has 0 aromatic heterocycles. The van der Waals surface area contributed by atoms with Gasteiger partial charge in [0.15, 0.2) is 5.71 Å². The fourth-order valence-electron chi connectivity index (χ4n) is 8.32. The minimum atomic E-state index is -3.67. The molecule has 0 saturated heterocycles. The standard InChI is InChI=1S/C42H44ClN2.BF3.FH/c1-7-44-34-24-20-28-14-9-11-18-32(28)38(34)41(3,4)36(44)26-22-30-16-13-17-31(40(30)43)23-27-37-42(5,6)39-33-19-12-10-15-29(33)21-25-35(39)45(37)8-2;2-1(3)4;/h9-12,14-15,18-27H,7-8,13,16-17H2,1-6H3;;1H/q+1;;/p-1. The molecular weight excluding hydrogens is 655 g/mol. The second kappa shape index (κ2) is 14.6.